The molecule has 1 amide bonds. The van der Waals surface area contributed by atoms with E-state index < -0.39 is 0 Å². The quantitative estimate of drug-likeness (QED) is 0.465. The molecule has 158 valence electrons. The second-order valence-electron chi connectivity index (χ2n) is 7.40. The molecular formula is C22H22N6O2S. The Morgan fingerprint density at radius 2 is 1.81 bits per heavy atom. The molecule has 0 radical (unpaired) electrons. The lowest BCUT2D eigenvalue weighted by atomic mass is 10.2. The highest BCUT2D eigenvalue weighted by Crippen LogP contribution is 2.27. The summed E-state index contributed by atoms with van der Waals surface area (Å²) in [5.74, 6) is 0. The van der Waals surface area contributed by atoms with E-state index in [0.29, 0.717) is 37.9 Å². The zero-order chi connectivity index (χ0) is 21.4. The molecule has 0 atom stereocenters. The predicted octanol–water partition coefficient (Wildman–Crippen LogP) is 3.74. The number of ether oxygens (including phenoxy) is 1. The molecule has 8 nitrogen and oxygen atoms in total. The lowest BCUT2D eigenvalue weighted by Crippen LogP contribution is -2.51. The summed E-state index contributed by atoms with van der Waals surface area (Å²) in [6.07, 6.45) is -0.264. The van der Waals surface area contributed by atoms with Gasteiger partial charge in [0.25, 0.3) is 0 Å². The summed E-state index contributed by atoms with van der Waals surface area (Å²) in [6.45, 7) is 4.70. The van der Waals surface area contributed by atoms with Crippen LogP contribution in [0.15, 0.2) is 42.5 Å². The fourth-order valence-electron chi connectivity index (χ4n) is 3.84. The maximum Gasteiger partial charge on any atom is 0.409 e. The lowest BCUT2D eigenvalue weighted by molar-refractivity contribution is 0.0923. The zero-order valence-electron chi connectivity index (χ0n) is 17.1. The van der Waals surface area contributed by atoms with Crippen LogP contribution in [0.3, 0.4) is 0 Å². The molecule has 0 spiro atoms. The van der Waals surface area contributed by atoms with Crippen LogP contribution >= 0.6 is 12.2 Å². The Hall–Kier alpha value is -3.46. The van der Waals surface area contributed by atoms with Crippen LogP contribution in [-0.2, 0) is 4.74 Å². The lowest BCUT2D eigenvalue weighted by Gasteiger charge is -2.35. The highest BCUT2D eigenvalue weighted by atomic mass is 32.1. The van der Waals surface area contributed by atoms with Crippen LogP contribution in [0.1, 0.15) is 6.92 Å². The van der Waals surface area contributed by atoms with Gasteiger partial charge in [-0.05, 0) is 49.5 Å². The van der Waals surface area contributed by atoms with Crippen LogP contribution in [0.2, 0.25) is 0 Å². The maximum absolute atomic E-state index is 11.9. The van der Waals surface area contributed by atoms with Crippen LogP contribution in [0.5, 0.6) is 0 Å². The van der Waals surface area contributed by atoms with E-state index in [0.717, 1.165) is 38.8 Å². The van der Waals surface area contributed by atoms with Gasteiger partial charge in [0, 0.05) is 42.8 Å². The molecule has 31 heavy (non-hydrogen) atoms. The number of aromatic amines is 1. The number of amides is 1. The normalized spacial score (nSPS) is 14.4. The summed E-state index contributed by atoms with van der Waals surface area (Å²) >= 11 is 5.62. The van der Waals surface area contributed by atoms with E-state index in [1.54, 1.807) is 4.90 Å². The smallest absolute Gasteiger partial charge is 0.409 e. The molecule has 2 N–H and O–H groups in total. The molecule has 0 bridgehead atoms. The van der Waals surface area contributed by atoms with Gasteiger partial charge in [-0.2, -0.15) is 0 Å². The number of hydrogen-bond donors (Lipinski definition) is 2. The van der Waals surface area contributed by atoms with Crippen molar-refractivity contribution in [2.45, 2.75) is 6.92 Å². The van der Waals surface area contributed by atoms with Crippen LogP contribution in [0.25, 0.3) is 33.1 Å². The fraction of sp³-hybridized carbons (Fsp3) is 0.273. The second-order valence-corrected chi connectivity index (χ2v) is 7.78. The van der Waals surface area contributed by atoms with Crippen molar-refractivity contribution >= 4 is 62.2 Å². The van der Waals surface area contributed by atoms with E-state index in [2.05, 4.69) is 15.2 Å². The van der Waals surface area contributed by atoms with Crippen LogP contribution in [-0.4, -0.2) is 68.7 Å². The van der Waals surface area contributed by atoms with Crippen molar-refractivity contribution < 1.29 is 9.53 Å². The summed E-state index contributed by atoms with van der Waals surface area (Å²) < 4.78 is 5.07. The summed E-state index contributed by atoms with van der Waals surface area (Å²) in [7, 11) is 0. The van der Waals surface area contributed by atoms with Gasteiger partial charge in [0.05, 0.1) is 17.6 Å². The third kappa shape index (κ3) is 3.72. The highest BCUT2D eigenvalue weighted by molar-refractivity contribution is 7.80. The average molecular weight is 435 g/mol. The van der Waals surface area contributed by atoms with E-state index >= 15 is 0 Å². The number of piperazine rings is 1. The third-order valence-corrected chi connectivity index (χ3v) is 5.80. The molecule has 1 saturated heterocycles. The first kappa shape index (κ1) is 19.5. The Bertz CT molecular complexity index is 1300. The number of carbonyl (C=O) groups is 1. The van der Waals surface area contributed by atoms with Crippen molar-refractivity contribution in [2.24, 2.45) is 0 Å². The van der Waals surface area contributed by atoms with E-state index in [1.807, 2.05) is 49.4 Å². The second kappa shape index (κ2) is 7.99. The number of fused-ring (bicyclic) bond motifs is 4. The molecule has 2 aromatic heterocycles. The molecule has 1 fully saturated rings. The van der Waals surface area contributed by atoms with E-state index in [1.165, 1.54) is 0 Å². The van der Waals surface area contributed by atoms with Crippen molar-refractivity contribution in [2.75, 3.05) is 38.1 Å². The SMILES string of the molecule is CCOC(=O)N1CCN(C(=S)Nc2ccc3[nH]c4nc5ccccc5nc4c3c2)CC1. The standard InChI is InChI=1S/C22H22N6O2S/c1-2-30-22(29)28-11-9-27(10-12-28)21(31)23-14-7-8-16-15(13-14)19-20(25-16)26-18-6-4-3-5-17(18)24-19/h3-8,13H,2,9-12H2,1H3,(H,23,31)(H,25,26). The molecule has 2 aromatic carbocycles. The Balaban J connectivity index is 1.34. The Labute approximate surface area is 184 Å². The zero-order valence-corrected chi connectivity index (χ0v) is 17.9. The van der Waals surface area contributed by atoms with Crippen LogP contribution in [0, 0.1) is 0 Å². The highest BCUT2D eigenvalue weighted by Gasteiger charge is 2.23. The minimum Gasteiger partial charge on any atom is -0.450 e. The van der Waals surface area contributed by atoms with Gasteiger partial charge in [-0.25, -0.2) is 14.8 Å². The number of H-pyrrole nitrogens is 1. The summed E-state index contributed by atoms with van der Waals surface area (Å²) in [4.78, 5) is 28.5. The monoisotopic (exact) mass is 434 g/mol. The number of nitrogens with one attached hydrogen (secondary N) is 2. The van der Waals surface area contributed by atoms with Gasteiger partial charge in [-0.1, -0.05) is 12.1 Å². The first-order valence-electron chi connectivity index (χ1n) is 10.3. The molecule has 1 aliphatic heterocycles. The van der Waals surface area contributed by atoms with Gasteiger partial charge in [0.15, 0.2) is 10.8 Å². The molecule has 9 heteroatoms. The van der Waals surface area contributed by atoms with Crippen molar-refractivity contribution in [1.29, 1.82) is 0 Å². The van der Waals surface area contributed by atoms with Crippen LogP contribution in [0.4, 0.5) is 10.5 Å². The largest absolute Gasteiger partial charge is 0.450 e. The number of nitrogens with zero attached hydrogens (tertiary/aromatic N) is 4. The topological polar surface area (TPSA) is 86.4 Å². The number of thiocarbonyl (C=S) groups is 1. The van der Waals surface area contributed by atoms with Crippen molar-refractivity contribution in [3.05, 3.63) is 42.5 Å². The van der Waals surface area contributed by atoms with Crippen molar-refractivity contribution in [3.63, 3.8) is 0 Å². The molecule has 5 rings (SSSR count). The summed E-state index contributed by atoms with van der Waals surface area (Å²) in [6, 6.07) is 13.9. The molecule has 4 aromatic rings. The van der Waals surface area contributed by atoms with Gasteiger partial charge in [-0.3, -0.25) is 0 Å². The fourth-order valence-corrected chi connectivity index (χ4v) is 4.14. The Morgan fingerprint density at radius 1 is 1.10 bits per heavy atom. The first-order valence-corrected chi connectivity index (χ1v) is 10.7. The van der Waals surface area contributed by atoms with E-state index in [9.17, 15) is 4.79 Å². The summed E-state index contributed by atoms with van der Waals surface area (Å²) in [5.41, 5.74) is 5.20. The number of hydrogen-bond acceptors (Lipinski definition) is 5. The van der Waals surface area contributed by atoms with Gasteiger partial charge in [0.1, 0.15) is 5.52 Å². The Kier molecular flexibility index (Phi) is 5.03. The maximum atomic E-state index is 11.9. The van der Waals surface area contributed by atoms with E-state index in [-0.39, 0.29) is 6.09 Å². The first-order chi connectivity index (χ1) is 15.1. The molecule has 0 aliphatic carbocycles. The van der Waals surface area contributed by atoms with Gasteiger partial charge in [0.2, 0.25) is 0 Å². The minimum atomic E-state index is -0.264. The minimum absolute atomic E-state index is 0.264. The van der Waals surface area contributed by atoms with Gasteiger partial charge >= 0.3 is 6.09 Å². The van der Waals surface area contributed by atoms with Gasteiger partial charge < -0.3 is 24.8 Å². The van der Waals surface area contributed by atoms with Crippen LogP contribution < -0.4 is 5.32 Å². The molecule has 3 heterocycles. The molecular weight excluding hydrogens is 412 g/mol. The number of anilines is 1. The number of carbonyl (C=O) groups excluding carboxylic acids is 1. The molecule has 1 aliphatic rings. The number of rotatable bonds is 2. The summed E-state index contributed by atoms with van der Waals surface area (Å²) in [5, 5.41) is 4.96. The average Bonchev–Trinajstić information content (AvgIpc) is 3.14. The van der Waals surface area contributed by atoms with Crippen molar-refractivity contribution in [1.82, 2.24) is 24.8 Å². The van der Waals surface area contributed by atoms with Crippen molar-refractivity contribution in [3.8, 4) is 0 Å². The third-order valence-electron chi connectivity index (χ3n) is 5.44. The molecule has 0 unspecified atom stereocenters. The van der Waals surface area contributed by atoms with Gasteiger partial charge in [-0.15, -0.1) is 0 Å². The van der Waals surface area contributed by atoms with E-state index in [4.69, 9.17) is 26.9 Å². The predicted molar refractivity (Wildman–Crippen MR) is 125 cm³/mol. The molecule has 0 saturated carbocycles. The number of benzene rings is 2. The number of para-hydroxylation sites is 2. The number of aromatic nitrogens is 3. The Morgan fingerprint density at radius 3 is 2.55 bits per heavy atom.